The fourth-order valence-corrected chi connectivity index (χ4v) is 2.94. The van der Waals surface area contributed by atoms with Gasteiger partial charge in [-0.05, 0) is 19.3 Å². The monoisotopic (exact) mass is 298 g/mol. The first-order chi connectivity index (χ1) is 9.94. The molecule has 6 nitrogen and oxygen atoms in total. The molecule has 1 aliphatic rings. The molecule has 1 fully saturated rings. The molecule has 0 radical (unpaired) electrons. The van der Waals surface area contributed by atoms with Gasteiger partial charge < -0.3 is 14.9 Å². The molecule has 1 unspecified atom stereocenters. The zero-order valence-corrected chi connectivity index (χ0v) is 13.2. The summed E-state index contributed by atoms with van der Waals surface area (Å²) in [4.78, 5) is 38.5. The molecule has 1 atom stereocenters. The minimum Gasteiger partial charge on any atom is -0.480 e. The molecular weight excluding hydrogens is 272 g/mol. The number of likely N-dealkylation sites (tertiary alicyclic amines) is 1. The number of nitrogens with zero attached hydrogens (tertiary/aromatic N) is 2. The average molecular weight is 298 g/mol. The Hall–Kier alpha value is -1.59. The van der Waals surface area contributed by atoms with Crippen LogP contribution in [0.2, 0.25) is 0 Å². The molecule has 0 aliphatic carbocycles. The highest BCUT2D eigenvalue weighted by atomic mass is 16.4. The second-order valence-corrected chi connectivity index (χ2v) is 5.57. The van der Waals surface area contributed by atoms with Gasteiger partial charge in [0.2, 0.25) is 11.8 Å². The largest absolute Gasteiger partial charge is 0.480 e. The molecular formula is C15H26N2O4. The SMILES string of the molecule is CCCN(CC(=O)O)C(=O)C1CC(=O)N(C(CC)CC)C1. The molecule has 1 saturated heterocycles. The van der Waals surface area contributed by atoms with Gasteiger partial charge in [0.25, 0.3) is 0 Å². The van der Waals surface area contributed by atoms with E-state index >= 15 is 0 Å². The lowest BCUT2D eigenvalue weighted by molar-refractivity contribution is -0.146. The molecule has 0 aromatic carbocycles. The number of hydrogen-bond acceptors (Lipinski definition) is 3. The van der Waals surface area contributed by atoms with Crippen LogP contribution in [0, 0.1) is 5.92 Å². The van der Waals surface area contributed by atoms with Gasteiger partial charge in [0, 0.05) is 25.6 Å². The number of carboxylic acid groups (broad SMARTS) is 1. The first-order valence-corrected chi connectivity index (χ1v) is 7.74. The van der Waals surface area contributed by atoms with E-state index in [-0.39, 0.29) is 30.8 Å². The Bertz CT molecular complexity index is 393. The van der Waals surface area contributed by atoms with E-state index in [1.807, 2.05) is 20.8 Å². The first kappa shape index (κ1) is 17.5. The topological polar surface area (TPSA) is 77.9 Å². The average Bonchev–Trinajstić information content (AvgIpc) is 2.81. The molecule has 0 aromatic heterocycles. The molecule has 1 rings (SSSR count). The van der Waals surface area contributed by atoms with Crippen molar-refractivity contribution in [3.05, 3.63) is 0 Å². The highest BCUT2D eigenvalue weighted by molar-refractivity contribution is 5.90. The number of rotatable bonds is 8. The predicted octanol–water partition coefficient (Wildman–Crippen LogP) is 1.35. The van der Waals surface area contributed by atoms with Crippen molar-refractivity contribution in [1.29, 1.82) is 0 Å². The van der Waals surface area contributed by atoms with E-state index in [0.29, 0.717) is 19.5 Å². The first-order valence-electron chi connectivity index (χ1n) is 7.74. The van der Waals surface area contributed by atoms with Crippen molar-refractivity contribution < 1.29 is 19.5 Å². The normalized spacial score (nSPS) is 18.4. The maximum Gasteiger partial charge on any atom is 0.323 e. The van der Waals surface area contributed by atoms with E-state index in [1.54, 1.807) is 4.90 Å². The second-order valence-electron chi connectivity index (χ2n) is 5.57. The van der Waals surface area contributed by atoms with Gasteiger partial charge in [-0.2, -0.15) is 0 Å². The summed E-state index contributed by atoms with van der Waals surface area (Å²) in [6, 6.07) is 0.175. The highest BCUT2D eigenvalue weighted by Gasteiger charge is 2.38. The van der Waals surface area contributed by atoms with Crippen molar-refractivity contribution >= 4 is 17.8 Å². The predicted molar refractivity (Wildman–Crippen MR) is 78.7 cm³/mol. The quantitative estimate of drug-likeness (QED) is 0.733. The van der Waals surface area contributed by atoms with Gasteiger partial charge in [-0.3, -0.25) is 14.4 Å². The number of aliphatic carboxylic acids is 1. The fourth-order valence-electron chi connectivity index (χ4n) is 2.94. The van der Waals surface area contributed by atoms with Crippen molar-refractivity contribution in [2.45, 2.75) is 52.5 Å². The van der Waals surface area contributed by atoms with Crippen molar-refractivity contribution in [3.8, 4) is 0 Å². The molecule has 1 aliphatic heterocycles. The van der Waals surface area contributed by atoms with Crippen LogP contribution in [0.3, 0.4) is 0 Å². The van der Waals surface area contributed by atoms with Gasteiger partial charge in [0.1, 0.15) is 6.54 Å². The number of carbonyl (C=O) groups excluding carboxylic acids is 2. The Morgan fingerprint density at radius 3 is 2.43 bits per heavy atom. The zero-order valence-electron chi connectivity index (χ0n) is 13.2. The van der Waals surface area contributed by atoms with E-state index in [9.17, 15) is 14.4 Å². The molecule has 2 amide bonds. The summed E-state index contributed by atoms with van der Waals surface area (Å²) in [5, 5.41) is 8.90. The number of hydrogen-bond donors (Lipinski definition) is 1. The van der Waals surface area contributed by atoms with E-state index < -0.39 is 11.9 Å². The third kappa shape index (κ3) is 4.44. The molecule has 0 bridgehead atoms. The molecule has 6 heteroatoms. The van der Waals surface area contributed by atoms with E-state index in [0.717, 1.165) is 12.8 Å². The Labute approximate surface area is 126 Å². The third-order valence-corrected chi connectivity index (χ3v) is 4.02. The maximum absolute atomic E-state index is 12.4. The molecule has 0 aromatic rings. The molecule has 0 saturated carbocycles. The minimum absolute atomic E-state index is 0.00817. The van der Waals surface area contributed by atoms with E-state index in [2.05, 4.69) is 0 Å². The van der Waals surface area contributed by atoms with Crippen molar-refractivity contribution in [1.82, 2.24) is 9.80 Å². The summed E-state index contributed by atoms with van der Waals surface area (Å²) < 4.78 is 0. The van der Waals surface area contributed by atoms with Crippen LogP contribution in [0.4, 0.5) is 0 Å². The van der Waals surface area contributed by atoms with Crippen LogP contribution in [0.15, 0.2) is 0 Å². The van der Waals surface area contributed by atoms with Gasteiger partial charge in [-0.25, -0.2) is 0 Å². The number of carboxylic acids is 1. The number of carbonyl (C=O) groups is 3. The molecule has 1 N–H and O–H groups in total. The molecule has 120 valence electrons. The van der Waals surface area contributed by atoms with Crippen LogP contribution < -0.4 is 0 Å². The summed E-state index contributed by atoms with van der Waals surface area (Å²) in [5.74, 6) is -1.61. The Kier molecular flexibility index (Phi) is 6.65. The second kappa shape index (κ2) is 8.00. The van der Waals surface area contributed by atoms with Crippen LogP contribution in [0.25, 0.3) is 0 Å². The fraction of sp³-hybridized carbons (Fsp3) is 0.800. The van der Waals surface area contributed by atoms with Crippen molar-refractivity contribution in [2.24, 2.45) is 5.92 Å². The highest BCUT2D eigenvalue weighted by Crippen LogP contribution is 2.24. The van der Waals surface area contributed by atoms with Crippen LogP contribution in [-0.2, 0) is 14.4 Å². The lowest BCUT2D eigenvalue weighted by Gasteiger charge is -2.27. The Balaban J connectivity index is 2.74. The summed E-state index contributed by atoms with van der Waals surface area (Å²) in [6.07, 6.45) is 2.65. The van der Waals surface area contributed by atoms with Crippen LogP contribution in [0.1, 0.15) is 46.5 Å². The summed E-state index contributed by atoms with van der Waals surface area (Å²) in [6.45, 7) is 6.51. The van der Waals surface area contributed by atoms with Crippen molar-refractivity contribution in [2.75, 3.05) is 19.6 Å². The van der Waals surface area contributed by atoms with Gasteiger partial charge in [-0.1, -0.05) is 20.8 Å². The van der Waals surface area contributed by atoms with Crippen LogP contribution in [0.5, 0.6) is 0 Å². The van der Waals surface area contributed by atoms with E-state index in [1.165, 1.54) is 4.90 Å². The molecule has 0 spiro atoms. The van der Waals surface area contributed by atoms with Crippen LogP contribution in [-0.4, -0.2) is 58.4 Å². The van der Waals surface area contributed by atoms with Gasteiger partial charge in [-0.15, -0.1) is 0 Å². The Morgan fingerprint density at radius 1 is 1.33 bits per heavy atom. The van der Waals surface area contributed by atoms with Crippen LogP contribution >= 0.6 is 0 Å². The lowest BCUT2D eigenvalue weighted by atomic mass is 10.1. The molecule has 1 heterocycles. The van der Waals surface area contributed by atoms with Gasteiger partial charge >= 0.3 is 5.97 Å². The molecule has 21 heavy (non-hydrogen) atoms. The smallest absolute Gasteiger partial charge is 0.323 e. The third-order valence-electron chi connectivity index (χ3n) is 4.02. The van der Waals surface area contributed by atoms with Crippen molar-refractivity contribution in [3.63, 3.8) is 0 Å². The Morgan fingerprint density at radius 2 is 1.95 bits per heavy atom. The lowest BCUT2D eigenvalue weighted by Crippen LogP contribution is -2.42. The van der Waals surface area contributed by atoms with Gasteiger partial charge in [0.15, 0.2) is 0 Å². The van der Waals surface area contributed by atoms with Gasteiger partial charge in [0.05, 0.1) is 5.92 Å². The summed E-state index contributed by atoms with van der Waals surface area (Å²) in [7, 11) is 0. The maximum atomic E-state index is 12.4. The zero-order chi connectivity index (χ0) is 16.0. The van der Waals surface area contributed by atoms with E-state index in [4.69, 9.17) is 5.11 Å². The summed E-state index contributed by atoms with van der Waals surface area (Å²) >= 11 is 0. The minimum atomic E-state index is -1.02. The standard InChI is InChI=1S/C15H26N2O4/c1-4-7-16(10-14(19)20)15(21)11-8-13(18)17(9-11)12(5-2)6-3/h11-12H,4-10H2,1-3H3,(H,19,20). The number of amides is 2. The summed E-state index contributed by atoms with van der Waals surface area (Å²) in [5.41, 5.74) is 0.